The van der Waals surface area contributed by atoms with Crippen LogP contribution in [0.4, 0.5) is 5.69 Å². The van der Waals surface area contributed by atoms with Crippen LogP contribution in [0.1, 0.15) is 13.3 Å². The van der Waals surface area contributed by atoms with Crippen LogP contribution in [0.3, 0.4) is 0 Å². The average Bonchev–Trinajstić information content (AvgIpc) is 2.27. The van der Waals surface area contributed by atoms with E-state index in [9.17, 15) is 13.2 Å². The molecule has 1 N–H and O–H groups in total. The highest BCUT2D eigenvalue weighted by atomic mass is 35.5. The second-order valence-electron chi connectivity index (χ2n) is 3.96. The van der Waals surface area contributed by atoms with Gasteiger partial charge in [0.2, 0.25) is 0 Å². The summed E-state index contributed by atoms with van der Waals surface area (Å²) in [5.74, 6) is -0.0264. The normalized spacial score (nSPS) is 11.5. The van der Waals surface area contributed by atoms with Gasteiger partial charge in [-0.25, -0.2) is 13.1 Å². The molecule has 0 atom stereocenters. The molecular weight excluding hydrogens is 278 g/mol. The largest absolute Gasteiger partial charge is 0.381 e. The van der Waals surface area contributed by atoms with Gasteiger partial charge in [-0.1, -0.05) is 18.5 Å². The number of halogens is 1. The zero-order valence-electron chi connectivity index (χ0n) is 10.3. The zero-order valence-corrected chi connectivity index (χ0v) is 11.9. The summed E-state index contributed by atoms with van der Waals surface area (Å²) in [6, 6.07) is 0. The fourth-order valence-corrected chi connectivity index (χ4v) is 2.02. The Hall–Kier alpha value is -1.08. The van der Waals surface area contributed by atoms with Gasteiger partial charge < -0.3 is 5.32 Å². The Morgan fingerprint density at radius 1 is 1.50 bits per heavy atom. The lowest BCUT2D eigenvalue weighted by Crippen LogP contribution is -2.25. The lowest BCUT2D eigenvalue weighted by Gasteiger charge is -2.09. The van der Waals surface area contributed by atoms with Crippen LogP contribution < -0.4 is 10.9 Å². The van der Waals surface area contributed by atoms with Crippen molar-refractivity contribution in [3.8, 4) is 0 Å². The molecule has 18 heavy (non-hydrogen) atoms. The SMILES string of the molecule is CCCn1ncc(NCCS(C)(=O)=O)c(Cl)c1=O. The summed E-state index contributed by atoms with van der Waals surface area (Å²) in [6.45, 7) is 2.62. The van der Waals surface area contributed by atoms with Crippen LogP contribution in [-0.2, 0) is 16.4 Å². The van der Waals surface area contributed by atoms with Gasteiger partial charge in [-0.2, -0.15) is 5.10 Å². The van der Waals surface area contributed by atoms with E-state index in [1.807, 2.05) is 6.92 Å². The molecule has 0 radical (unpaired) electrons. The summed E-state index contributed by atoms with van der Waals surface area (Å²) in [6.07, 6.45) is 3.36. The highest BCUT2D eigenvalue weighted by molar-refractivity contribution is 7.90. The summed E-state index contributed by atoms with van der Waals surface area (Å²) < 4.78 is 23.2. The van der Waals surface area contributed by atoms with Crippen LogP contribution in [0, 0.1) is 0 Å². The monoisotopic (exact) mass is 293 g/mol. The van der Waals surface area contributed by atoms with Crippen LogP contribution in [0.15, 0.2) is 11.0 Å². The fourth-order valence-electron chi connectivity index (χ4n) is 1.33. The highest BCUT2D eigenvalue weighted by Gasteiger charge is 2.09. The van der Waals surface area contributed by atoms with E-state index in [-0.39, 0.29) is 22.9 Å². The number of nitrogens with zero attached hydrogens (tertiary/aromatic N) is 2. The maximum absolute atomic E-state index is 11.7. The smallest absolute Gasteiger partial charge is 0.287 e. The van der Waals surface area contributed by atoms with Crippen LogP contribution in [-0.4, -0.2) is 36.8 Å². The van der Waals surface area contributed by atoms with Gasteiger partial charge in [-0.15, -0.1) is 0 Å². The molecule has 0 bridgehead atoms. The molecule has 0 aliphatic carbocycles. The summed E-state index contributed by atoms with van der Waals surface area (Å²) >= 11 is 5.90. The van der Waals surface area contributed by atoms with Gasteiger partial charge in [0.05, 0.1) is 17.6 Å². The predicted octanol–water partition coefficient (Wildman–Crippen LogP) is 0.763. The van der Waals surface area contributed by atoms with Crippen molar-refractivity contribution in [1.82, 2.24) is 9.78 Å². The first kappa shape index (κ1) is 15.0. The first-order valence-electron chi connectivity index (χ1n) is 5.52. The fraction of sp³-hybridized carbons (Fsp3) is 0.600. The van der Waals surface area contributed by atoms with Gasteiger partial charge in [0.15, 0.2) is 0 Å². The second-order valence-corrected chi connectivity index (χ2v) is 6.59. The number of rotatable bonds is 6. The predicted molar refractivity (Wildman–Crippen MR) is 72.0 cm³/mol. The minimum Gasteiger partial charge on any atom is -0.381 e. The van der Waals surface area contributed by atoms with Crippen LogP contribution in [0.5, 0.6) is 0 Å². The number of hydrogen-bond acceptors (Lipinski definition) is 5. The van der Waals surface area contributed by atoms with E-state index in [2.05, 4.69) is 10.4 Å². The van der Waals surface area contributed by atoms with Crippen LogP contribution in [0.25, 0.3) is 0 Å². The van der Waals surface area contributed by atoms with E-state index in [1.165, 1.54) is 10.9 Å². The topological polar surface area (TPSA) is 81.1 Å². The molecule has 1 aromatic rings. The second kappa shape index (κ2) is 6.19. The molecule has 1 aromatic heterocycles. The molecule has 0 fully saturated rings. The molecule has 6 nitrogen and oxygen atoms in total. The van der Waals surface area contributed by atoms with Crippen molar-refractivity contribution >= 4 is 27.1 Å². The first-order valence-corrected chi connectivity index (χ1v) is 7.96. The van der Waals surface area contributed by atoms with E-state index in [4.69, 9.17) is 11.6 Å². The Bertz CT molecular complexity index is 568. The average molecular weight is 294 g/mol. The van der Waals surface area contributed by atoms with Crippen molar-refractivity contribution in [2.75, 3.05) is 23.9 Å². The number of aryl methyl sites for hydroxylation is 1. The van der Waals surface area contributed by atoms with Crippen molar-refractivity contribution < 1.29 is 8.42 Å². The van der Waals surface area contributed by atoms with Gasteiger partial charge >= 0.3 is 0 Å². The molecule has 102 valence electrons. The third-order valence-corrected chi connectivity index (χ3v) is 3.52. The van der Waals surface area contributed by atoms with Gasteiger partial charge in [0, 0.05) is 19.3 Å². The highest BCUT2D eigenvalue weighted by Crippen LogP contribution is 2.14. The molecule has 1 rings (SSSR count). The number of anilines is 1. The van der Waals surface area contributed by atoms with E-state index < -0.39 is 9.84 Å². The van der Waals surface area contributed by atoms with Crippen LogP contribution >= 0.6 is 11.6 Å². The standard InChI is InChI=1S/C10H16ClN3O3S/c1-3-5-14-10(15)9(11)8(7-13-14)12-4-6-18(2,16)17/h7,12H,3-6H2,1-2H3. The Balaban J connectivity index is 2.80. The van der Waals surface area contributed by atoms with E-state index in [1.54, 1.807) is 0 Å². The summed E-state index contributed by atoms with van der Waals surface area (Å²) in [7, 11) is -3.04. The Kier molecular flexibility index (Phi) is 5.15. The lowest BCUT2D eigenvalue weighted by molar-refractivity contribution is 0.568. The molecule has 1 heterocycles. The maximum Gasteiger partial charge on any atom is 0.287 e. The molecular formula is C10H16ClN3O3S. The molecule has 0 saturated heterocycles. The first-order chi connectivity index (χ1) is 8.35. The number of hydrogen-bond donors (Lipinski definition) is 1. The maximum atomic E-state index is 11.7. The summed E-state index contributed by atoms with van der Waals surface area (Å²) in [5.41, 5.74) is -0.0134. The summed E-state index contributed by atoms with van der Waals surface area (Å²) in [5, 5.41) is 6.78. The minimum absolute atomic E-state index is 0.0264. The third-order valence-electron chi connectivity index (χ3n) is 2.21. The van der Waals surface area contributed by atoms with Crippen molar-refractivity contribution in [2.24, 2.45) is 0 Å². The molecule has 0 aliphatic heterocycles. The third kappa shape index (κ3) is 4.30. The molecule has 0 unspecified atom stereocenters. The van der Waals surface area contributed by atoms with Gasteiger partial charge in [0.25, 0.3) is 5.56 Å². The quantitative estimate of drug-likeness (QED) is 0.837. The number of nitrogens with one attached hydrogen (secondary N) is 1. The zero-order chi connectivity index (χ0) is 13.8. The number of sulfone groups is 1. The van der Waals surface area contributed by atoms with Gasteiger partial charge in [-0.05, 0) is 6.42 Å². The Morgan fingerprint density at radius 2 is 2.17 bits per heavy atom. The van der Waals surface area contributed by atoms with Gasteiger partial charge in [-0.3, -0.25) is 4.79 Å². The molecule has 0 spiro atoms. The van der Waals surface area contributed by atoms with E-state index in [0.717, 1.165) is 12.7 Å². The van der Waals surface area contributed by atoms with Crippen molar-refractivity contribution in [1.29, 1.82) is 0 Å². The van der Waals surface area contributed by atoms with Crippen LogP contribution in [0.2, 0.25) is 5.02 Å². The molecule has 8 heteroatoms. The summed E-state index contributed by atoms with van der Waals surface area (Å²) in [4.78, 5) is 11.7. The van der Waals surface area contributed by atoms with E-state index >= 15 is 0 Å². The van der Waals surface area contributed by atoms with Gasteiger partial charge in [0.1, 0.15) is 14.9 Å². The van der Waals surface area contributed by atoms with Crippen molar-refractivity contribution in [3.05, 3.63) is 21.6 Å². The lowest BCUT2D eigenvalue weighted by atomic mass is 10.4. The van der Waals surface area contributed by atoms with E-state index in [0.29, 0.717) is 12.2 Å². The molecule has 0 aromatic carbocycles. The minimum atomic E-state index is -3.04. The molecule has 0 aliphatic rings. The number of aromatic nitrogens is 2. The Morgan fingerprint density at radius 3 is 2.72 bits per heavy atom. The Labute approximate surface area is 111 Å². The molecule has 0 amide bonds. The molecule has 0 saturated carbocycles. The van der Waals surface area contributed by atoms with Crippen molar-refractivity contribution in [3.63, 3.8) is 0 Å². The van der Waals surface area contributed by atoms with Crippen molar-refractivity contribution in [2.45, 2.75) is 19.9 Å².